The van der Waals surface area contributed by atoms with Crippen molar-refractivity contribution in [1.29, 1.82) is 0 Å². The molecular weight excluding hydrogens is 232 g/mol. The van der Waals surface area contributed by atoms with Gasteiger partial charge in [0.1, 0.15) is 5.60 Å². The first-order valence-electron chi connectivity index (χ1n) is 6.00. The molecule has 102 valence electrons. The summed E-state index contributed by atoms with van der Waals surface area (Å²) < 4.78 is 6.85. The third-order valence-electron chi connectivity index (χ3n) is 1.96. The summed E-state index contributed by atoms with van der Waals surface area (Å²) in [7, 11) is 0. The van der Waals surface area contributed by atoms with Crippen molar-refractivity contribution in [2.45, 2.75) is 46.8 Å². The molecule has 0 saturated carbocycles. The van der Waals surface area contributed by atoms with Crippen molar-refractivity contribution in [3.63, 3.8) is 0 Å². The van der Waals surface area contributed by atoms with Crippen molar-refractivity contribution in [3.8, 4) is 0 Å². The summed E-state index contributed by atoms with van der Waals surface area (Å²) in [6.45, 7) is 10.3. The zero-order chi connectivity index (χ0) is 13.9. The number of hydrogen-bond acceptors (Lipinski definition) is 4. The van der Waals surface area contributed by atoms with Crippen molar-refractivity contribution >= 4 is 17.6 Å². The Morgan fingerprint density at radius 2 is 2.17 bits per heavy atom. The molecule has 0 unspecified atom stereocenters. The maximum absolute atomic E-state index is 11.6. The summed E-state index contributed by atoms with van der Waals surface area (Å²) in [6, 6.07) is 0. The molecule has 0 fully saturated rings. The average molecular weight is 254 g/mol. The van der Waals surface area contributed by atoms with E-state index in [9.17, 15) is 4.79 Å². The zero-order valence-corrected chi connectivity index (χ0v) is 11.7. The fraction of sp³-hybridized carbons (Fsp3) is 0.667. The normalized spacial score (nSPS) is 11.7. The van der Waals surface area contributed by atoms with Crippen LogP contribution in [0.5, 0.6) is 0 Å². The number of amides is 1. The minimum absolute atomic E-state index is 0.338. The molecule has 18 heavy (non-hydrogen) atoms. The highest BCUT2D eigenvalue weighted by molar-refractivity contribution is 5.87. The zero-order valence-electron chi connectivity index (χ0n) is 11.7. The van der Waals surface area contributed by atoms with Gasteiger partial charge in [-0.1, -0.05) is 13.8 Å². The lowest BCUT2D eigenvalue weighted by Gasteiger charge is -2.19. The van der Waals surface area contributed by atoms with Gasteiger partial charge >= 0.3 is 6.09 Å². The van der Waals surface area contributed by atoms with Crippen LogP contribution < -0.4 is 11.1 Å². The third kappa shape index (κ3) is 4.65. The number of carbonyl (C=O) groups excluding carboxylic acids is 1. The van der Waals surface area contributed by atoms with Crippen LogP contribution in [0.4, 0.5) is 16.3 Å². The number of nitrogen functional groups attached to an aromatic ring is 1. The number of nitrogens with zero attached hydrogens (tertiary/aromatic N) is 2. The van der Waals surface area contributed by atoms with Gasteiger partial charge in [0.25, 0.3) is 0 Å². The Morgan fingerprint density at radius 3 is 2.67 bits per heavy atom. The van der Waals surface area contributed by atoms with E-state index in [0.717, 1.165) is 6.54 Å². The molecule has 0 saturated heterocycles. The number of hydrogen-bond donors (Lipinski definition) is 2. The molecule has 1 aromatic heterocycles. The molecule has 0 aliphatic rings. The molecule has 0 bridgehead atoms. The Labute approximate surface area is 107 Å². The Bertz CT molecular complexity index is 418. The predicted octanol–water partition coefficient (Wildman–Crippen LogP) is 2.47. The van der Waals surface area contributed by atoms with E-state index in [1.54, 1.807) is 31.6 Å². The second-order valence-corrected chi connectivity index (χ2v) is 5.68. The molecule has 0 atom stereocenters. The Morgan fingerprint density at radius 1 is 1.56 bits per heavy atom. The van der Waals surface area contributed by atoms with Crippen LogP contribution >= 0.6 is 0 Å². The van der Waals surface area contributed by atoms with Crippen LogP contribution in [0, 0.1) is 5.92 Å². The largest absolute Gasteiger partial charge is 0.444 e. The highest BCUT2D eigenvalue weighted by Gasteiger charge is 2.18. The van der Waals surface area contributed by atoms with Gasteiger partial charge in [0, 0.05) is 6.54 Å². The fourth-order valence-corrected chi connectivity index (χ4v) is 1.40. The van der Waals surface area contributed by atoms with Gasteiger partial charge in [-0.3, -0.25) is 10.00 Å². The Hall–Kier alpha value is -1.72. The SMILES string of the molecule is CC(C)Cn1cc(N)c(NC(=O)OC(C)(C)C)n1. The van der Waals surface area contributed by atoms with E-state index in [1.807, 2.05) is 0 Å². The fourth-order valence-electron chi connectivity index (χ4n) is 1.40. The van der Waals surface area contributed by atoms with Crippen LogP contribution in [0.2, 0.25) is 0 Å². The maximum atomic E-state index is 11.6. The van der Waals surface area contributed by atoms with E-state index in [1.165, 1.54) is 0 Å². The van der Waals surface area contributed by atoms with Crippen LogP contribution in [0.25, 0.3) is 0 Å². The molecule has 6 heteroatoms. The maximum Gasteiger partial charge on any atom is 0.413 e. The summed E-state index contributed by atoms with van der Waals surface area (Å²) in [4.78, 5) is 11.6. The number of nitrogens with one attached hydrogen (secondary N) is 1. The van der Waals surface area contributed by atoms with Gasteiger partial charge in [-0.15, -0.1) is 0 Å². The van der Waals surface area contributed by atoms with Crippen LogP contribution in [0.3, 0.4) is 0 Å². The lowest BCUT2D eigenvalue weighted by molar-refractivity contribution is 0.0635. The van der Waals surface area contributed by atoms with E-state index in [2.05, 4.69) is 24.3 Å². The second kappa shape index (κ2) is 5.29. The van der Waals surface area contributed by atoms with E-state index in [-0.39, 0.29) is 0 Å². The molecular formula is C12H22N4O2. The van der Waals surface area contributed by atoms with E-state index >= 15 is 0 Å². The summed E-state index contributed by atoms with van der Waals surface area (Å²) >= 11 is 0. The number of anilines is 2. The summed E-state index contributed by atoms with van der Waals surface area (Å²) in [5.74, 6) is 0.795. The first-order chi connectivity index (χ1) is 8.17. The summed E-state index contributed by atoms with van der Waals surface area (Å²) in [5.41, 5.74) is 5.67. The van der Waals surface area contributed by atoms with Crippen molar-refractivity contribution < 1.29 is 9.53 Å². The quantitative estimate of drug-likeness (QED) is 0.868. The van der Waals surface area contributed by atoms with E-state index in [0.29, 0.717) is 17.4 Å². The van der Waals surface area contributed by atoms with Gasteiger partial charge in [-0.2, -0.15) is 5.10 Å². The standard InChI is InChI=1S/C12H22N4O2/c1-8(2)6-16-7-9(13)10(15-16)14-11(17)18-12(3,4)5/h7-8H,6,13H2,1-5H3,(H,14,15,17). The van der Waals surface area contributed by atoms with Crippen molar-refractivity contribution in [1.82, 2.24) is 9.78 Å². The number of carbonyl (C=O) groups is 1. The first-order valence-corrected chi connectivity index (χ1v) is 6.00. The smallest absolute Gasteiger partial charge is 0.413 e. The van der Waals surface area contributed by atoms with Crippen molar-refractivity contribution in [3.05, 3.63) is 6.20 Å². The van der Waals surface area contributed by atoms with Crippen molar-refractivity contribution in [2.24, 2.45) is 5.92 Å². The summed E-state index contributed by atoms with van der Waals surface area (Å²) in [6.07, 6.45) is 1.15. The minimum Gasteiger partial charge on any atom is -0.444 e. The lowest BCUT2D eigenvalue weighted by atomic mass is 10.2. The van der Waals surface area contributed by atoms with Gasteiger partial charge in [-0.25, -0.2) is 4.79 Å². The van der Waals surface area contributed by atoms with Crippen LogP contribution in [-0.4, -0.2) is 21.5 Å². The molecule has 1 aromatic rings. The molecule has 1 amide bonds. The van der Waals surface area contributed by atoms with Crippen LogP contribution in [-0.2, 0) is 11.3 Å². The van der Waals surface area contributed by atoms with Gasteiger partial charge in [0.15, 0.2) is 5.82 Å². The van der Waals surface area contributed by atoms with Gasteiger partial charge < -0.3 is 10.5 Å². The molecule has 0 radical (unpaired) electrons. The molecule has 0 aliphatic carbocycles. The molecule has 6 nitrogen and oxygen atoms in total. The predicted molar refractivity (Wildman–Crippen MR) is 71.3 cm³/mol. The van der Waals surface area contributed by atoms with Gasteiger partial charge in [-0.05, 0) is 26.7 Å². The molecule has 1 rings (SSSR count). The average Bonchev–Trinajstić information content (AvgIpc) is 2.41. The van der Waals surface area contributed by atoms with E-state index in [4.69, 9.17) is 10.5 Å². The summed E-state index contributed by atoms with van der Waals surface area (Å²) in [5, 5.41) is 6.74. The molecule has 1 heterocycles. The molecule has 3 N–H and O–H groups in total. The highest BCUT2D eigenvalue weighted by atomic mass is 16.6. The number of rotatable bonds is 3. The third-order valence-corrected chi connectivity index (χ3v) is 1.96. The molecule has 0 aromatic carbocycles. The van der Waals surface area contributed by atoms with Gasteiger partial charge in [0.2, 0.25) is 0 Å². The second-order valence-electron chi connectivity index (χ2n) is 5.68. The van der Waals surface area contributed by atoms with Gasteiger partial charge in [0.05, 0.1) is 11.9 Å². The monoisotopic (exact) mass is 254 g/mol. The van der Waals surface area contributed by atoms with Crippen molar-refractivity contribution in [2.75, 3.05) is 11.1 Å². The number of nitrogens with two attached hydrogens (primary N) is 1. The topological polar surface area (TPSA) is 82.2 Å². The van der Waals surface area contributed by atoms with Crippen LogP contribution in [0.1, 0.15) is 34.6 Å². The highest BCUT2D eigenvalue weighted by Crippen LogP contribution is 2.17. The Balaban J connectivity index is 2.67. The lowest BCUT2D eigenvalue weighted by Crippen LogP contribution is -2.27. The van der Waals surface area contributed by atoms with Crippen LogP contribution in [0.15, 0.2) is 6.20 Å². The molecule has 0 spiro atoms. The Kier molecular flexibility index (Phi) is 4.21. The number of ether oxygens (including phenoxy) is 1. The first kappa shape index (κ1) is 14.3. The molecule has 0 aliphatic heterocycles. The number of aromatic nitrogens is 2. The van der Waals surface area contributed by atoms with E-state index < -0.39 is 11.7 Å². The minimum atomic E-state index is -0.552.